The molecular formula is C8H12N2O2S. The second-order valence-corrected chi connectivity index (χ2v) is 3.18. The van der Waals surface area contributed by atoms with Crippen molar-refractivity contribution in [2.75, 3.05) is 19.3 Å². The number of carbonyl (C=O) groups excluding carboxylic acids is 1. The van der Waals surface area contributed by atoms with Crippen LogP contribution in [-0.4, -0.2) is 25.3 Å². The molecule has 0 aromatic carbocycles. The number of thioether (sulfide) groups is 1. The molecule has 3 N–H and O–H groups in total. The van der Waals surface area contributed by atoms with Crippen molar-refractivity contribution in [1.82, 2.24) is 5.32 Å². The molecule has 0 unspecified atom stereocenters. The highest BCUT2D eigenvalue weighted by Crippen LogP contribution is 2.17. The molecule has 13 heavy (non-hydrogen) atoms. The van der Waals surface area contributed by atoms with Crippen LogP contribution in [0.2, 0.25) is 0 Å². The first-order chi connectivity index (χ1) is 6.27. The summed E-state index contributed by atoms with van der Waals surface area (Å²) in [5.74, 6) is 0.114. The number of nitrogens with one attached hydrogen (secondary N) is 1. The molecule has 72 valence electrons. The lowest BCUT2D eigenvalue weighted by molar-refractivity contribution is 0.0922. The molecule has 0 aliphatic carbocycles. The van der Waals surface area contributed by atoms with Crippen LogP contribution in [0.3, 0.4) is 0 Å². The zero-order valence-corrected chi connectivity index (χ0v) is 8.19. The summed E-state index contributed by atoms with van der Waals surface area (Å²) < 4.78 is 5.20. The fourth-order valence-electron chi connectivity index (χ4n) is 0.825. The first-order valence-corrected chi connectivity index (χ1v) is 5.12. The van der Waals surface area contributed by atoms with Gasteiger partial charge in [-0.15, -0.1) is 0 Å². The highest BCUT2D eigenvalue weighted by Gasteiger charge is 2.09. The summed E-state index contributed by atoms with van der Waals surface area (Å²) >= 11 is 1.46. The van der Waals surface area contributed by atoms with E-state index in [2.05, 4.69) is 5.32 Å². The molecule has 0 saturated carbocycles. The number of hydrogen-bond acceptors (Lipinski definition) is 4. The Labute approximate surface area is 80.9 Å². The maximum atomic E-state index is 11.3. The number of rotatable bonds is 4. The first-order valence-electron chi connectivity index (χ1n) is 3.90. The standard InChI is InChI=1S/C8H12N2O2S/c1-13-7-3-2-6(12-7)8(11)10-5-4-9/h2-3H,4-5,9H2,1H3,(H,10,11). The molecule has 1 rings (SSSR count). The van der Waals surface area contributed by atoms with Crippen LogP contribution in [0, 0.1) is 0 Å². The zero-order chi connectivity index (χ0) is 9.68. The third kappa shape index (κ3) is 2.78. The Balaban J connectivity index is 2.55. The van der Waals surface area contributed by atoms with Gasteiger partial charge in [-0.2, -0.15) is 0 Å². The molecule has 0 radical (unpaired) electrons. The first kappa shape index (κ1) is 10.1. The number of nitrogens with two attached hydrogens (primary N) is 1. The average Bonchev–Trinajstić information content (AvgIpc) is 2.62. The quantitative estimate of drug-likeness (QED) is 0.702. The van der Waals surface area contributed by atoms with Crippen LogP contribution in [-0.2, 0) is 0 Å². The fraction of sp³-hybridized carbons (Fsp3) is 0.375. The maximum absolute atomic E-state index is 11.3. The van der Waals surface area contributed by atoms with Crippen LogP contribution in [0.4, 0.5) is 0 Å². The summed E-state index contributed by atoms with van der Waals surface area (Å²) in [6, 6.07) is 3.42. The Hall–Kier alpha value is -0.940. The van der Waals surface area contributed by atoms with Gasteiger partial charge in [0.15, 0.2) is 10.9 Å². The lowest BCUT2D eigenvalue weighted by Gasteiger charge is -1.98. The van der Waals surface area contributed by atoms with Gasteiger partial charge in [0, 0.05) is 13.1 Å². The summed E-state index contributed by atoms with van der Waals surface area (Å²) in [4.78, 5) is 11.3. The minimum Gasteiger partial charge on any atom is -0.445 e. The summed E-state index contributed by atoms with van der Waals surface area (Å²) in [5.41, 5.74) is 5.24. The van der Waals surface area contributed by atoms with Crippen molar-refractivity contribution >= 4 is 17.7 Å². The molecular weight excluding hydrogens is 188 g/mol. The molecule has 1 heterocycles. The van der Waals surface area contributed by atoms with Gasteiger partial charge in [-0.25, -0.2) is 0 Å². The van der Waals surface area contributed by atoms with Crippen molar-refractivity contribution in [3.8, 4) is 0 Å². The second kappa shape index (κ2) is 4.94. The Morgan fingerprint density at radius 2 is 2.46 bits per heavy atom. The van der Waals surface area contributed by atoms with E-state index in [1.54, 1.807) is 12.1 Å². The summed E-state index contributed by atoms with van der Waals surface area (Å²) in [5, 5.41) is 3.35. The largest absolute Gasteiger partial charge is 0.445 e. The third-order valence-corrected chi connectivity index (χ3v) is 2.06. The van der Waals surface area contributed by atoms with E-state index in [4.69, 9.17) is 10.2 Å². The third-order valence-electron chi connectivity index (χ3n) is 1.44. The van der Waals surface area contributed by atoms with Gasteiger partial charge in [0.05, 0.1) is 0 Å². The van der Waals surface area contributed by atoms with Crippen LogP contribution < -0.4 is 11.1 Å². The SMILES string of the molecule is CSc1ccc(C(=O)NCCN)o1. The van der Waals surface area contributed by atoms with Crippen molar-refractivity contribution in [1.29, 1.82) is 0 Å². The lowest BCUT2D eigenvalue weighted by Crippen LogP contribution is -2.28. The predicted molar refractivity (Wildman–Crippen MR) is 51.9 cm³/mol. The number of amides is 1. The van der Waals surface area contributed by atoms with Crippen molar-refractivity contribution in [2.24, 2.45) is 5.73 Å². The highest BCUT2D eigenvalue weighted by atomic mass is 32.2. The molecule has 0 saturated heterocycles. The molecule has 0 atom stereocenters. The van der Waals surface area contributed by atoms with E-state index in [0.717, 1.165) is 5.09 Å². The average molecular weight is 200 g/mol. The van der Waals surface area contributed by atoms with Gasteiger partial charge in [-0.3, -0.25) is 4.79 Å². The monoisotopic (exact) mass is 200 g/mol. The van der Waals surface area contributed by atoms with Gasteiger partial charge in [0.1, 0.15) is 0 Å². The van der Waals surface area contributed by atoms with Crippen molar-refractivity contribution < 1.29 is 9.21 Å². The van der Waals surface area contributed by atoms with Crippen molar-refractivity contribution in [3.63, 3.8) is 0 Å². The molecule has 0 fully saturated rings. The summed E-state index contributed by atoms with van der Waals surface area (Å²) in [6.45, 7) is 0.899. The number of furan rings is 1. The molecule has 4 nitrogen and oxygen atoms in total. The molecule has 5 heteroatoms. The van der Waals surface area contributed by atoms with E-state index < -0.39 is 0 Å². The minimum absolute atomic E-state index is 0.217. The zero-order valence-electron chi connectivity index (χ0n) is 7.37. The van der Waals surface area contributed by atoms with E-state index >= 15 is 0 Å². The number of hydrogen-bond donors (Lipinski definition) is 2. The van der Waals surface area contributed by atoms with Gasteiger partial charge in [-0.1, -0.05) is 11.8 Å². The summed E-state index contributed by atoms with van der Waals surface area (Å²) in [6.07, 6.45) is 1.89. The second-order valence-electron chi connectivity index (χ2n) is 2.37. The van der Waals surface area contributed by atoms with Crippen molar-refractivity contribution in [3.05, 3.63) is 17.9 Å². The van der Waals surface area contributed by atoms with E-state index in [1.165, 1.54) is 11.8 Å². The molecule has 0 spiro atoms. The Morgan fingerprint density at radius 3 is 3.00 bits per heavy atom. The predicted octanol–water partition coefficient (Wildman–Crippen LogP) is 0.690. The molecule has 0 aliphatic rings. The van der Waals surface area contributed by atoms with Crippen LogP contribution in [0.1, 0.15) is 10.6 Å². The van der Waals surface area contributed by atoms with Crippen molar-refractivity contribution in [2.45, 2.75) is 5.09 Å². The summed E-state index contributed by atoms with van der Waals surface area (Å²) in [7, 11) is 0. The van der Waals surface area contributed by atoms with E-state index in [9.17, 15) is 4.79 Å². The Kier molecular flexibility index (Phi) is 3.85. The van der Waals surface area contributed by atoms with Gasteiger partial charge in [-0.05, 0) is 18.4 Å². The van der Waals surface area contributed by atoms with Crippen LogP contribution >= 0.6 is 11.8 Å². The molecule has 1 aromatic heterocycles. The molecule has 0 aliphatic heterocycles. The minimum atomic E-state index is -0.217. The van der Waals surface area contributed by atoms with E-state index in [0.29, 0.717) is 18.8 Å². The molecule has 0 bridgehead atoms. The van der Waals surface area contributed by atoms with Crippen LogP contribution in [0.25, 0.3) is 0 Å². The van der Waals surface area contributed by atoms with Gasteiger partial charge in [0.25, 0.3) is 5.91 Å². The van der Waals surface area contributed by atoms with Crippen LogP contribution in [0.15, 0.2) is 21.6 Å². The van der Waals surface area contributed by atoms with Crippen LogP contribution in [0.5, 0.6) is 0 Å². The fourth-order valence-corrected chi connectivity index (χ4v) is 1.20. The lowest BCUT2D eigenvalue weighted by atomic mass is 10.4. The van der Waals surface area contributed by atoms with Gasteiger partial charge < -0.3 is 15.5 Å². The Bertz CT molecular complexity index is 285. The molecule has 1 aromatic rings. The maximum Gasteiger partial charge on any atom is 0.287 e. The molecule has 1 amide bonds. The smallest absolute Gasteiger partial charge is 0.287 e. The van der Waals surface area contributed by atoms with E-state index in [-0.39, 0.29) is 5.91 Å². The van der Waals surface area contributed by atoms with Gasteiger partial charge >= 0.3 is 0 Å². The Morgan fingerprint density at radius 1 is 1.69 bits per heavy atom. The van der Waals surface area contributed by atoms with E-state index in [1.807, 2.05) is 6.26 Å². The topological polar surface area (TPSA) is 68.3 Å². The normalized spacial score (nSPS) is 10.0. The van der Waals surface area contributed by atoms with Gasteiger partial charge in [0.2, 0.25) is 0 Å². The highest BCUT2D eigenvalue weighted by molar-refractivity contribution is 7.98. The number of carbonyl (C=O) groups is 1.